The Morgan fingerprint density at radius 1 is 1.04 bits per heavy atom. The minimum absolute atomic E-state index is 0.00247. The van der Waals surface area contributed by atoms with Gasteiger partial charge in [0.15, 0.2) is 0 Å². The van der Waals surface area contributed by atoms with Crippen molar-refractivity contribution in [1.29, 1.82) is 0 Å². The van der Waals surface area contributed by atoms with Gasteiger partial charge in [-0.05, 0) is 11.1 Å². The predicted octanol–water partition coefficient (Wildman–Crippen LogP) is 2.52. The molecule has 0 aliphatic heterocycles. The van der Waals surface area contributed by atoms with Crippen LogP contribution in [-0.4, -0.2) is 27.6 Å². The molecular formula is C18H17N3O5. The third-order valence-electron chi connectivity index (χ3n) is 3.51. The van der Waals surface area contributed by atoms with E-state index in [4.69, 9.17) is 5.11 Å². The molecule has 1 amide bonds. The monoisotopic (exact) mass is 355 g/mol. The first-order valence-electron chi connectivity index (χ1n) is 7.81. The van der Waals surface area contributed by atoms with Crippen molar-refractivity contribution in [2.75, 3.05) is 0 Å². The van der Waals surface area contributed by atoms with Crippen molar-refractivity contribution in [3.05, 3.63) is 75.8 Å². The summed E-state index contributed by atoms with van der Waals surface area (Å²) in [5.74, 6) is -1.35. The summed E-state index contributed by atoms with van der Waals surface area (Å²) < 4.78 is 0. The zero-order valence-electron chi connectivity index (χ0n) is 13.8. The van der Waals surface area contributed by atoms with Crippen LogP contribution in [0.4, 0.5) is 5.69 Å². The van der Waals surface area contributed by atoms with Crippen LogP contribution in [0.2, 0.25) is 0 Å². The van der Waals surface area contributed by atoms with Gasteiger partial charge in [0, 0.05) is 18.6 Å². The number of amides is 1. The number of carboxylic acid groups (broad SMARTS) is 1. The molecule has 134 valence electrons. The van der Waals surface area contributed by atoms with Gasteiger partial charge in [-0.2, -0.15) is 5.10 Å². The van der Waals surface area contributed by atoms with Gasteiger partial charge in [0.05, 0.1) is 23.5 Å². The maximum absolute atomic E-state index is 12.0. The number of hydrazone groups is 1. The van der Waals surface area contributed by atoms with Gasteiger partial charge in [0.25, 0.3) is 5.69 Å². The number of rotatable bonds is 8. The fourth-order valence-corrected chi connectivity index (χ4v) is 2.21. The van der Waals surface area contributed by atoms with Crippen LogP contribution in [0.5, 0.6) is 0 Å². The van der Waals surface area contributed by atoms with E-state index in [0.29, 0.717) is 11.3 Å². The Balaban J connectivity index is 2.04. The number of carbonyl (C=O) groups is 2. The molecule has 26 heavy (non-hydrogen) atoms. The number of carbonyl (C=O) groups excluding carboxylic acids is 1. The van der Waals surface area contributed by atoms with Crippen LogP contribution < -0.4 is 5.43 Å². The van der Waals surface area contributed by atoms with Crippen molar-refractivity contribution < 1.29 is 19.6 Å². The number of aliphatic carboxylic acids is 1. The summed E-state index contributed by atoms with van der Waals surface area (Å²) in [7, 11) is 0. The van der Waals surface area contributed by atoms with Gasteiger partial charge in [0.2, 0.25) is 5.91 Å². The average Bonchev–Trinajstić information content (AvgIpc) is 2.62. The number of hydrogen-bond donors (Lipinski definition) is 2. The van der Waals surface area contributed by atoms with E-state index in [1.165, 1.54) is 24.3 Å². The first-order valence-corrected chi connectivity index (χ1v) is 7.81. The molecular weight excluding hydrogens is 338 g/mol. The van der Waals surface area contributed by atoms with Crippen LogP contribution in [-0.2, 0) is 16.0 Å². The highest BCUT2D eigenvalue weighted by Gasteiger charge is 2.10. The Kier molecular flexibility index (Phi) is 6.55. The third-order valence-corrected chi connectivity index (χ3v) is 3.51. The average molecular weight is 355 g/mol. The fourth-order valence-electron chi connectivity index (χ4n) is 2.21. The topological polar surface area (TPSA) is 122 Å². The Labute approximate surface area is 149 Å². The van der Waals surface area contributed by atoms with Crippen molar-refractivity contribution in [2.45, 2.75) is 19.3 Å². The molecule has 0 aromatic heterocycles. The molecule has 8 heteroatoms. The van der Waals surface area contributed by atoms with E-state index in [1.807, 2.05) is 6.07 Å². The largest absolute Gasteiger partial charge is 0.481 e. The van der Waals surface area contributed by atoms with Gasteiger partial charge in [-0.1, -0.05) is 42.5 Å². The molecule has 2 rings (SSSR count). The molecule has 0 unspecified atom stereocenters. The van der Waals surface area contributed by atoms with Crippen LogP contribution in [0, 0.1) is 10.1 Å². The van der Waals surface area contributed by atoms with Crippen molar-refractivity contribution in [2.24, 2.45) is 5.10 Å². The molecule has 2 aromatic rings. The number of nitro benzene ring substituents is 1. The highest BCUT2D eigenvalue weighted by molar-refractivity contribution is 6.02. The molecule has 0 bridgehead atoms. The summed E-state index contributed by atoms with van der Waals surface area (Å²) in [6.45, 7) is 0. The lowest BCUT2D eigenvalue weighted by Crippen LogP contribution is -2.22. The molecule has 2 N–H and O–H groups in total. The summed E-state index contributed by atoms with van der Waals surface area (Å²) in [6.07, 6.45) is 0.0750. The lowest BCUT2D eigenvalue weighted by Gasteiger charge is -2.07. The number of nitrogens with zero attached hydrogens (tertiary/aromatic N) is 2. The quantitative estimate of drug-likeness (QED) is 0.428. The smallest absolute Gasteiger partial charge is 0.303 e. The number of hydrogen-bond acceptors (Lipinski definition) is 5. The lowest BCUT2D eigenvalue weighted by molar-refractivity contribution is -0.384. The van der Waals surface area contributed by atoms with Crippen LogP contribution in [0.3, 0.4) is 0 Å². The van der Waals surface area contributed by atoms with E-state index < -0.39 is 16.8 Å². The van der Waals surface area contributed by atoms with E-state index in [9.17, 15) is 19.7 Å². The third kappa shape index (κ3) is 5.82. The number of benzene rings is 2. The van der Waals surface area contributed by atoms with Crippen molar-refractivity contribution in [3.8, 4) is 0 Å². The maximum atomic E-state index is 12.0. The minimum Gasteiger partial charge on any atom is -0.481 e. The predicted molar refractivity (Wildman–Crippen MR) is 94.8 cm³/mol. The molecule has 0 heterocycles. The van der Waals surface area contributed by atoms with Gasteiger partial charge < -0.3 is 5.11 Å². The molecule has 0 fully saturated rings. The molecule has 2 aromatic carbocycles. The van der Waals surface area contributed by atoms with E-state index in [0.717, 1.165) is 5.56 Å². The zero-order valence-corrected chi connectivity index (χ0v) is 13.8. The summed E-state index contributed by atoms with van der Waals surface area (Å²) in [6, 6.07) is 14.6. The van der Waals surface area contributed by atoms with Crippen molar-refractivity contribution in [1.82, 2.24) is 5.43 Å². The van der Waals surface area contributed by atoms with Gasteiger partial charge in [0.1, 0.15) is 0 Å². The van der Waals surface area contributed by atoms with Crippen LogP contribution >= 0.6 is 0 Å². The fraction of sp³-hybridized carbons (Fsp3) is 0.167. The number of nitrogens with one attached hydrogen (secondary N) is 1. The molecule has 0 saturated heterocycles. The SMILES string of the molecule is O=C(O)CCC(=NNC(=O)Cc1ccc([N+](=O)[O-])cc1)c1ccccc1. The Morgan fingerprint density at radius 2 is 1.69 bits per heavy atom. The van der Waals surface area contributed by atoms with Gasteiger partial charge in [-0.3, -0.25) is 19.7 Å². The maximum Gasteiger partial charge on any atom is 0.303 e. The van der Waals surface area contributed by atoms with E-state index in [1.54, 1.807) is 24.3 Å². The van der Waals surface area contributed by atoms with E-state index >= 15 is 0 Å². The van der Waals surface area contributed by atoms with Crippen LogP contribution in [0.1, 0.15) is 24.0 Å². The zero-order chi connectivity index (χ0) is 18.9. The second kappa shape index (κ2) is 9.07. The molecule has 0 atom stereocenters. The van der Waals surface area contributed by atoms with Gasteiger partial charge in [-0.15, -0.1) is 0 Å². The minimum atomic E-state index is -0.953. The lowest BCUT2D eigenvalue weighted by atomic mass is 10.1. The first-order chi connectivity index (χ1) is 12.5. The molecule has 8 nitrogen and oxygen atoms in total. The summed E-state index contributed by atoms with van der Waals surface area (Å²) >= 11 is 0. The van der Waals surface area contributed by atoms with Crippen molar-refractivity contribution >= 4 is 23.3 Å². The Morgan fingerprint density at radius 3 is 2.27 bits per heavy atom. The van der Waals surface area contributed by atoms with E-state index in [2.05, 4.69) is 10.5 Å². The van der Waals surface area contributed by atoms with Crippen molar-refractivity contribution in [3.63, 3.8) is 0 Å². The highest BCUT2D eigenvalue weighted by Crippen LogP contribution is 2.12. The van der Waals surface area contributed by atoms with Gasteiger partial charge >= 0.3 is 5.97 Å². The number of nitro groups is 1. The second-order valence-electron chi connectivity index (χ2n) is 5.45. The summed E-state index contributed by atoms with van der Waals surface area (Å²) in [4.78, 5) is 32.9. The Hall–Kier alpha value is -3.55. The standard InChI is InChI=1S/C18H17N3O5/c22-17(12-13-6-8-15(9-7-13)21(25)26)20-19-16(10-11-18(23)24)14-4-2-1-3-5-14/h1-9H,10-12H2,(H,20,22)(H,23,24). The summed E-state index contributed by atoms with van der Waals surface area (Å²) in [5.41, 5.74) is 4.16. The van der Waals surface area contributed by atoms with Crippen LogP contribution in [0.15, 0.2) is 59.7 Å². The first kappa shape index (κ1) is 18.8. The molecule has 0 aliphatic carbocycles. The highest BCUT2D eigenvalue weighted by atomic mass is 16.6. The molecule has 0 radical (unpaired) electrons. The normalized spacial score (nSPS) is 11.0. The number of non-ortho nitro benzene ring substituents is 1. The van der Waals surface area contributed by atoms with E-state index in [-0.39, 0.29) is 24.9 Å². The van der Waals surface area contributed by atoms with Gasteiger partial charge in [-0.25, -0.2) is 5.43 Å². The van der Waals surface area contributed by atoms with Crippen LogP contribution in [0.25, 0.3) is 0 Å². The second-order valence-corrected chi connectivity index (χ2v) is 5.45. The molecule has 0 saturated carbocycles. The Bertz CT molecular complexity index is 816. The molecule has 0 aliphatic rings. The molecule has 0 spiro atoms. The summed E-state index contributed by atoms with van der Waals surface area (Å²) in [5, 5.41) is 23.5. The number of carboxylic acids is 1.